The van der Waals surface area contributed by atoms with E-state index in [1.807, 2.05) is 49.7 Å². The highest BCUT2D eigenvalue weighted by atomic mass is 32.1. The van der Waals surface area contributed by atoms with Crippen LogP contribution in [-0.2, 0) is 17.8 Å². The van der Waals surface area contributed by atoms with Gasteiger partial charge in [-0.15, -0.1) is 11.3 Å². The number of aryl methyl sites for hydroxylation is 1. The Balaban J connectivity index is 1.55. The molecule has 160 valence electrons. The first kappa shape index (κ1) is 21.1. The molecule has 31 heavy (non-hydrogen) atoms. The van der Waals surface area contributed by atoms with Crippen LogP contribution < -0.4 is 4.74 Å². The lowest BCUT2D eigenvalue weighted by Gasteiger charge is -2.21. The maximum absolute atomic E-state index is 13.0. The number of hydrogen-bond acceptors (Lipinski definition) is 5. The lowest BCUT2D eigenvalue weighted by Crippen LogP contribution is -2.28. The molecule has 2 heterocycles. The average Bonchev–Trinajstić information content (AvgIpc) is 3.43. The number of rotatable bonds is 8. The molecule has 2 aromatic heterocycles. The third-order valence-corrected chi connectivity index (χ3v) is 6.08. The molecule has 0 aliphatic heterocycles. The molecule has 6 heteroatoms. The summed E-state index contributed by atoms with van der Waals surface area (Å²) >= 11 is 1.57. The van der Waals surface area contributed by atoms with E-state index in [2.05, 4.69) is 30.1 Å². The molecule has 2 aromatic carbocycles. The van der Waals surface area contributed by atoms with Crippen LogP contribution in [0, 0.1) is 6.92 Å². The van der Waals surface area contributed by atoms with Gasteiger partial charge in [-0.1, -0.05) is 43.3 Å². The van der Waals surface area contributed by atoms with E-state index < -0.39 is 0 Å². The molecule has 5 nitrogen and oxygen atoms in total. The number of fused-ring (bicyclic) bond motifs is 1. The minimum atomic E-state index is -0.0106. The molecule has 1 amide bonds. The first-order valence-electron chi connectivity index (χ1n) is 10.4. The van der Waals surface area contributed by atoms with Gasteiger partial charge >= 0.3 is 0 Å². The third-order valence-electron chi connectivity index (χ3n) is 5.22. The van der Waals surface area contributed by atoms with Gasteiger partial charge in [0.25, 0.3) is 0 Å². The Kier molecular flexibility index (Phi) is 6.37. The van der Waals surface area contributed by atoms with Crippen molar-refractivity contribution in [3.05, 3.63) is 70.9 Å². The molecule has 0 atom stereocenters. The van der Waals surface area contributed by atoms with Crippen molar-refractivity contribution < 1.29 is 13.9 Å². The minimum Gasteiger partial charge on any atom is -0.493 e. The van der Waals surface area contributed by atoms with Gasteiger partial charge in [0.1, 0.15) is 11.5 Å². The number of oxazole rings is 1. The van der Waals surface area contributed by atoms with Crippen LogP contribution in [-0.4, -0.2) is 29.4 Å². The summed E-state index contributed by atoms with van der Waals surface area (Å²) in [6.07, 6.45) is 1.13. The van der Waals surface area contributed by atoms with Gasteiger partial charge in [0.15, 0.2) is 0 Å². The quantitative estimate of drug-likeness (QED) is 0.349. The van der Waals surface area contributed by atoms with Crippen molar-refractivity contribution in [2.45, 2.75) is 33.2 Å². The Morgan fingerprint density at radius 2 is 2.00 bits per heavy atom. The molecule has 4 aromatic rings. The minimum absolute atomic E-state index is 0.0106. The highest BCUT2D eigenvalue weighted by molar-refractivity contribution is 7.13. The fourth-order valence-electron chi connectivity index (χ4n) is 3.53. The number of nitrogens with zero attached hydrogens (tertiary/aromatic N) is 2. The highest BCUT2D eigenvalue weighted by Gasteiger charge is 2.19. The number of hydrogen-bond donors (Lipinski definition) is 0. The first-order valence-corrected chi connectivity index (χ1v) is 11.3. The summed E-state index contributed by atoms with van der Waals surface area (Å²) in [7, 11) is 1.82. The number of aromatic nitrogens is 1. The zero-order valence-electron chi connectivity index (χ0n) is 18.1. The van der Waals surface area contributed by atoms with E-state index in [0.717, 1.165) is 33.4 Å². The van der Waals surface area contributed by atoms with Gasteiger partial charge in [0.05, 0.1) is 23.6 Å². The Bertz CT molecular complexity index is 1180. The number of thiophene rings is 1. The SMILES string of the molecule is CCCOc1ccc2ccccc2c1CN(C)C(=O)Cc1nc(-c2cccs2)oc1C. The fraction of sp³-hybridized carbons (Fsp3) is 0.280. The number of likely N-dealkylation sites (N-methyl/N-ethyl adjacent to an activating group) is 1. The average molecular weight is 435 g/mol. The van der Waals surface area contributed by atoms with Crippen molar-refractivity contribution in [1.82, 2.24) is 9.88 Å². The molecule has 0 aliphatic rings. The Labute approximate surface area is 186 Å². The zero-order valence-corrected chi connectivity index (χ0v) is 18.9. The maximum atomic E-state index is 13.0. The summed E-state index contributed by atoms with van der Waals surface area (Å²) < 4.78 is 11.8. The molecule has 4 rings (SSSR count). The second kappa shape index (κ2) is 9.35. The number of carbonyl (C=O) groups excluding carboxylic acids is 1. The lowest BCUT2D eigenvalue weighted by molar-refractivity contribution is -0.129. The van der Waals surface area contributed by atoms with Gasteiger partial charge in [-0.3, -0.25) is 4.79 Å². The predicted octanol–water partition coefficient (Wildman–Crippen LogP) is 5.85. The van der Waals surface area contributed by atoms with Gasteiger partial charge in [-0.2, -0.15) is 0 Å². The van der Waals surface area contributed by atoms with E-state index in [1.54, 1.807) is 16.2 Å². The molecular formula is C25H26N2O3S. The molecule has 0 saturated carbocycles. The molecule has 0 saturated heterocycles. The van der Waals surface area contributed by atoms with Crippen LogP contribution in [0.4, 0.5) is 0 Å². The second-order valence-corrected chi connectivity index (χ2v) is 8.49. The monoisotopic (exact) mass is 434 g/mol. The summed E-state index contributed by atoms with van der Waals surface area (Å²) in [5, 5.41) is 4.22. The Morgan fingerprint density at radius 1 is 1.16 bits per heavy atom. The summed E-state index contributed by atoms with van der Waals surface area (Å²) in [5.74, 6) is 2.07. The second-order valence-electron chi connectivity index (χ2n) is 7.54. The summed E-state index contributed by atoms with van der Waals surface area (Å²) in [6.45, 7) is 5.05. The van der Waals surface area contributed by atoms with Gasteiger partial charge < -0.3 is 14.1 Å². The number of amides is 1. The summed E-state index contributed by atoms with van der Waals surface area (Å²) in [5.41, 5.74) is 1.71. The normalized spacial score (nSPS) is 11.1. The molecule has 0 fully saturated rings. The smallest absolute Gasteiger partial charge is 0.236 e. The standard InChI is InChI=1S/C25H26N2O3S/c1-4-13-29-22-12-11-18-8-5-6-9-19(18)20(22)16-27(3)24(28)15-21-17(2)30-25(26-21)23-10-7-14-31-23/h5-12,14H,4,13,15-16H2,1-3H3. The van der Waals surface area contributed by atoms with Crippen molar-refractivity contribution in [3.63, 3.8) is 0 Å². The lowest BCUT2D eigenvalue weighted by atomic mass is 10.0. The molecule has 0 bridgehead atoms. The van der Waals surface area contributed by atoms with Crippen molar-refractivity contribution in [2.75, 3.05) is 13.7 Å². The van der Waals surface area contributed by atoms with Gasteiger partial charge in [-0.05, 0) is 41.6 Å². The van der Waals surface area contributed by atoms with E-state index in [9.17, 15) is 4.79 Å². The number of ether oxygens (including phenoxy) is 1. The molecular weight excluding hydrogens is 408 g/mol. The third kappa shape index (κ3) is 4.64. The van der Waals surface area contributed by atoms with Crippen molar-refractivity contribution in [3.8, 4) is 16.5 Å². The van der Waals surface area contributed by atoms with Gasteiger partial charge in [0, 0.05) is 19.2 Å². The van der Waals surface area contributed by atoms with Crippen LogP contribution in [0.5, 0.6) is 5.75 Å². The molecule has 0 aliphatic carbocycles. The van der Waals surface area contributed by atoms with E-state index in [0.29, 0.717) is 30.5 Å². The molecule has 0 N–H and O–H groups in total. The molecule has 0 spiro atoms. The van der Waals surface area contributed by atoms with E-state index in [4.69, 9.17) is 9.15 Å². The topological polar surface area (TPSA) is 55.6 Å². The zero-order chi connectivity index (χ0) is 21.8. The largest absolute Gasteiger partial charge is 0.493 e. The Hall–Kier alpha value is -3.12. The van der Waals surface area contributed by atoms with E-state index >= 15 is 0 Å². The Morgan fingerprint density at radius 3 is 2.77 bits per heavy atom. The van der Waals surface area contributed by atoms with Crippen LogP contribution in [0.25, 0.3) is 21.5 Å². The number of carbonyl (C=O) groups is 1. The first-order chi connectivity index (χ1) is 15.1. The molecule has 0 radical (unpaired) electrons. The maximum Gasteiger partial charge on any atom is 0.236 e. The van der Waals surface area contributed by atoms with Crippen LogP contribution in [0.15, 0.2) is 58.3 Å². The van der Waals surface area contributed by atoms with Crippen molar-refractivity contribution >= 4 is 28.0 Å². The highest BCUT2D eigenvalue weighted by Crippen LogP contribution is 2.30. The number of benzene rings is 2. The summed E-state index contributed by atoms with van der Waals surface area (Å²) in [6, 6.07) is 16.2. The van der Waals surface area contributed by atoms with Crippen LogP contribution >= 0.6 is 11.3 Å². The van der Waals surface area contributed by atoms with Crippen LogP contribution in [0.1, 0.15) is 30.4 Å². The van der Waals surface area contributed by atoms with Crippen molar-refractivity contribution in [1.29, 1.82) is 0 Å². The molecule has 0 unspecified atom stereocenters. The van der Waals surface area contributed by atoms with Gasteiger partial charge in [0.2, 0.25) is 11.8 Å². The van der Waals surface area contributed by atoms with E-state index in [1.165, 1.54) is 0 Å². The van der Waals surface area contributed by atoms with Crippen LogP contribution in [0.2, 0.25) is 0 Å². The predicted molar refractivity (Wildman–Crippen MR) is 124 cm³/mol. The van der Waals surface area contributed by atoms with Gasteiger partial charge in [-0.25, -0.2) is 4.98 Å². The summed E-state index contributed by atoms with van der Waals surface area (Å²) in [4.78, 5) is 20.3. The van der Waals surface area contributed by atoms with Crippen LogP contribution in [0.3, 0.4) is 0 Å². The van der Waals surface area contributed by atoms with Crippen molar-refractivity contribution in [2.24, 2.45) is 0 Å². The fourth-order valence-corrected chi connectivity index (χ4v) is 4.18. The van der Waals surface area contributed by atoms with E-state index in [-0.39, 0.29) is 12.3 Å².